The molecular formula is C9H16N2O4. The summed E-state index contributed by atoms with van der Waals surface area (Å²) in [5.74, 6) is -1.71. The Balaban J connectivity index is 2.54. The van der Waals surface area contributed by atoms with Gasteiger partial charge in [-0.15, -0.1) is 0 Å². The molecule has 0 aromatic rings. The third-order valence-electron chi connectivity index (χ3n) is 2.73. The Morgan fingerprint density at radius 3 is 1.93 bits per heavy atom. The van der Waals surface area contributed by atoms with Crippen LogP contribution in [0.5, 0.6) is 0 Å². The zero-order chi connectivity index (χ0) is 11.4. The Kier molecular flexibility index (Phi) is 4.05. The zero-order valence-corrected chi connectivity index (χ0v) is 8.64. The fourth-order valence-electron chi connectivity index (χ4n) is 1.84. The van der Waals surface area contributed by atoms with Gasteiger partial charge in [-0.3, -0.25) is 14.5 Å². The molecule has 6 nitrogen and oxygen atoms in total. The van der Waals surface area contributed by atoms with Crippen molar-refractivity contribution in [1.82, 2.24) is 10.2 Å². The van der Waals surface area contributed by atoms with Crippen LogP contribution >= 0.6 is 0 Å². The summed E-state index contributed by atoms with van der Waals surface area (Å²) in [7, 11) is 1.78. The molecule has 1 aliphatic rings. The molecule has 86 valence electrons. The van der Waals surface area contributed by atoms with Gasteiger partial charge in [0.25, 0.3) is 0 Å². The van der Waals surface area contributed by atoms with E-state index >= 15 is 0 Å². The molecule has 6 heteroatoms. The van der Waals surface area contributed by atoms with Crippen LogP contribution in [-0.4, -0.2) is 59.3 Å². The second-order valence-electron chi connectivity index (χ2n) is 3.83. The fourth-order valence-corrected chi connectivity index (χ4v) is 1.84. The molecule has 0 unspecified atom stereocenters. The number of carboxylic acids is 2. The van der Waals surface area contributed by atoms with Crippen molar-refractivity contribution in [3.63, 3.8) is 0 Å². The summed E-state index contributed by atoms with van der Waals surface area (Å²) in [6, 6.07) is -0.249. The summed E-state index contributed by atoms with van der Waals surface area (Å²) in [5, 5.41) is 20.4. The lowest BCUT2D eigenvalue weighted by molar-refractivity contribution is -0.139. The minimum atomic E-state index is -0.857. The molecule has 0 aromatic carbocycles. The third kappa shape index (κ3) is 3.49. The molecule has 0 spiro atoms. The van der Waals surface area contributed by atoms with Gasteiger partial charge >= 0.3 is 11.9 Å². The summed E-state index contributed by atoms with van der Waals surface area (Å²) in [5.41, 5.74) is 0. The van der Waals surface area contributed by atoms with Crippen molar-refractivity contribution in [2.45, 2.75) is 24.9 Å². The minimum Gasteiger partial charge on any atom is -0.481 e. The summed E-state index contributed by atoms with van der Waals surface area (Å²) in [4.78, 5) is 23.0. The number of hydrogen-bond acceptors (Lipinski definition) is 4. The summed E-state index contributed by atoms with van der Waals surface area (Å²) in [6.45, 7) is 1.19. The molecule has 1 saturated heterocycles. The highest BCUT2D eigenvalue weighted by molar-refractivity contribution is 5.68. The Labute approximate surface area is 87.9 Å². The maximum atomic E-state index is 10.6. The van der Waals surface area contributed by atoms with Gasteiger partial charge in [-0.2, -0.15) is 0 Å². The van der Waals surface area contributed by atoms with Gasteiger partial charge in [0.1, 0.15) is 0 Å². The largest absolute Gasteiger partial charge is 0.481 e. The van der Waals surface area contributed by atoms with Gasteiger partial charge in [-0.1, -0.05) is 0 Å². The molecule has 1 rings (SSSR count). The number of rotatable bonds is 4. The van der Waals surface area contributed by atoms with Crippen molar-refractivity contribution in [2.75, 3.05) is 20.1 Å². The summed E-state index contributed by atoms with van der Waals surface area (Å²) in [6.07, 6.45) is 0.0826. The molecule has 3 N–H and O–H groups in total. The highest BCUT2D eigenvalue weighted by atomic mass is 16.4. The SMILES string of the molecule is CN1[C@@H](CC(=O)O)CNC[C@H]1CC(=O)O. The zero-order valence-electron chi connectivity index (χ0n) is 8.64. The Morgan fingerprint density at radius 2 is 1.60 bits per heavy atom. The van der Waals surface area contributed by atoms with Crippen LogP contribution in [0.25, 0.3) is 0 Å². The van der Waals surface area contributed by atoms with Crippen molar-refractivity contribution in [2.24, 2.45) is 0 Å². The van der Waals surface area contributed by atoms with Crippen molar-refractivity contribution >= 4 is 11.9 Å². The van der Waals surface area contributed by atoms with E-state index in [1.807, 2.05) is 4.90 Å². The first-order valence-corrected chi connectivity index (χ1v) is 4.87. The summed E-state index contributed by atoms with van der Waals surface area (Å²) >= 11 is 0. The maximum absolute atomic E-state index is 10.6. The number of hydrogen-bond donors (Lipinski definition) is 3. The van der Waals surface area contributed by atoms with E-state index in [0.717, 1.165) is 0 Å². The monoisotopic (exact) mass is 216 g/mol. The van der Waals surface area contributed by atoms with E-state index in [4.69, 9.17) is 10.2 Å². The number of carboxylic acid groups (broad SMARTS) is 2. The standard InChI is InChI=1S/C9H16N2O4/c1-11-6(2-8(12)13)4-10-5-7(11)3-9(14)15/h6-7,10H,2-5H2,1H3,(H,12,13)(H,14,15)/t6-,7+. The van der Waals surface area contributed by atoms with Crippen LogP contribution in [0.1, 0.15) is 12.8 Å². The highest BCUT2D eigenvalue weighted by Gasteiger charge is 2.29. The Morgan fingerprint density at radius 1 is 1.20 bits per heavy atom. The topological polar surface area (TPSA) is 89.9 Å². The predicted molar refractivity (Wildman–Crippen MR) is 52.7 cm³/mol. The molecule has 15 heavy (non-hydrogen) atoms. The number of nitrogens with one attached hydrogen (secondary N) is 1. The molecule has 1 aliphatic heterocycles. The van der Waals surface area contributed by atoms with Crippen LogP contribution in [0.3, 0.4) is 0 Å². The first kappa shape index (κ1) is 11.9. The van der Waals surface area contributed by atoms with Crippen LogP contribution < -0.4 is 5.32 Å². The summed E-state index contributed by atoms with van der Waals surface area (Å²) < 4.78 is 0. The lowest BCUT2D eigenvalue weighted by Crippen LogP contribution is -2.56. The molecular weight excluding hydrogens is 200 g/mol. The lowest BCUT2D eigenvalue weighted by atomic mass is 10.0. The number of piperazine rings is 1. The van der Waals surface area contributed by atoms with E-state index in [2.05, 4.69) is 5.32 Å². The second kappa shape index (κ2) is 5.09. The molecule has 0 aliphatic carbocycles. The van der Waals surface area contributed by atoms with Crippen molar-refractivity contribution < 1.29 is 19.8 Å². The average molecular weight is 216 g/mol. The number of aliphatic carboxylic acids is 2. The number of carbonyl (C=O) groups is 2. The van der Waals surface area contributed by atoms with Crippen LogP contribution in [-0.2, 0) is 9.59 Å². The van der Waals surface area contributed by atoms with Crippen LogP contribution in [0.4, 0.5) is 0 Å². The van der Waals surface area contributed by atoms with E-state index < -0.39 is 11.9 Å². The second-order valence-corrected chi connectivity index (χ2v) is 3.83. The van der Waals surface area contributed by atoms with Gasteiger partial charge in [0.15, 0.2) is 0 Å². The first-order valence-electron chi connectivity index (χ1n) is 4.87. The predicted octanol–water partition coefficient (Wildman–Crippen LogP) is -0.792. The van der Waals surface area contributed by atoms with E-state index in [0.29, 0.717) is 13.1 Å². The highest BCUT2D eigenvalue weighted by Crippen LogP contribution is 2.13. The van der Waals surface area contributed by atoms with Crippen LogP contribution in [0.2, 0.25) is 0 Å². The first-order chi connectivity index (χ1) is 7.00. The van der Waals surface area contributed by atoms with Gasteiger partial charge in [0, 0.05) is 25.2 Å². The van der Waals surface area contributed by atoms with Gasteiger partial charge in [0.2, 0.25) is 0 Å². The minimum absolute atomic E-state index is 0.0413. The van der Waals surface area contributed by atoms with Crippen molar-refractivity contribution in [1.29, 1.82) is 0 Å². The van der Waals surface area contributed by atoms with Gasteiger partial charge in [-0.25, -0.2) is 0 Å². The van der Waals surface area contributed by atoms with Gasteiger partial charge in [-0.05, 0) is 7.05 Å². The molecule has 0 radical (unpaired) electrons. The average Bonchev–Trinajstić information content (AvgIpc) is 2.10. The molecule has 1 heterocycles. The van der Waals surface area contributed by atoms with E-state index in [1.54, 1.807) is 7.05 Å². The van der Waals surface area contributed by atoms with E-state index in [9.17, 15) is 9.59 Å². The smallest absolute Gasteiger partial charge is 0.304 e. The van der Waals surface area contributed by atoms with E-state index in [1.165, 1.54) is 0 Å². The normalized spacial score (nSPS) is 27.5. The molecule has 0 amide bonds. The fraction of sp³-hybridized carbons (Fsp3) is 0.778. The molecule has 1 fully saturated rings. The van der Waals surface area contributed by atoms with Gasteiger partial charge in [0.05, 0.1) is 12.8 Å². The molecule has 0 saturated carbocycles. The van der Waals surface area contributed by atoms with Crippen LogP contribution in [0.15, 0.2) is 0 Å². The van der Waals surface area contributed by atoms with Gasteiger partial charge < -0.3 is 15.5 Å². The molecule has 0 bridgehead atoms. The molecule has 0 aromatic heterocycles. The van der Waals surface area contributed by atoms with E-state index in [-0.39, 0.29) is 24.9 Å². The Bertz CT molecular complexity index is 232. The number of nitrogens with zero attached hydrogens (tertiary/aromatic N) is 1. The quantitative estimate of drug-likeness (QED) is 0.570. The molecule has 2 atom stereocenters. The lowest BCUT2D eigenvalue weighted by Gasteiger charge is -2.38. The van der Waals surface area contributed by atoms with Crippen molar-refractivity contribution in [3.8, 4) is 0 Å². The Hall–Kier alpha value is -1.14. The number of likely N-dealkylation sites (N-methyl/N-ethyl adjacent to an activating group) is 1. The van der Waals surface area contributed by atoms with Crippen molar-refractivity contribution in [3.05, 3.63) is 0 Å². The third-order valence-corrected chi connectivity index (χ3v) is 2.73. The maximum Gasteiger partial charge on any atom is 0.304 e. The van der Waals surface area contributed by atoms with Crippen LogP contribution in [0, 0.1) is 0 Å².